The quantitative estimate of drug-likeness (QED) is 0.599. The number of benzene rings is 1. The van der Waals surface area contributed by atoms with Crippen molar-refractivity contribution in [1.82, 2.24) is 4.72 Å². The normalized spacial score (nSPS) is 13.3. The minimum atomic E-state index is -3.78. The molecule has 3 N–H and O–H groups in total. The van der Waals surface area contributed by atoms with Gasteiger partial charge in [0, 0.05) is 24.2 Å². The third kappa shape index (κ3) is 3.25. The van der Waals surface area contributed by atoms with Gasteiger partial charge in [0.1, 0.15) is 0 Å². The number of hydrogen-bond acceptors (Lipinski definition) is 5. The van der Waals surface area contributed by atoms with Gasteiger partial charge in [0.05, 0.1) is 9.82 Å². The highest BCUT2D eigenvalue weighted by atomic mass is 32.2. The zero-order valence-electron chi connectivity index (χ0n) is 10.1. The Morgan fingerprint density at radius 1 is 1.50 bits per heavy atom. The molecule has 8 heteroatoms. The maximum absolute atomic E-state index is 11.9. The molecule has 1 aromatic carbocycles. The zero-order chi connectivity index (χ0) is 13.9. The third-order valence-corrected chi connectivity index (χ3v) is 3.98. The van der Waals surface area contributed by atoms with Crippen LogP contribution in [0.25, 0.3) is 0 Å². The van der Waals surface area contributed by atoms with E-state index in [9.17, 15) is 18.5 Å². The van der Waals surface area contributed by atoms with Crippen LogP contribution in [0.1, 0.15) is 12.5 Å². The predicted octanol–water partition coefficient (Wildman–Crippen LogP) is 0.529. The highest BCUT2D eigenvalue weighted by Crippen LogP contribution is 2.22. The molecule has 0 amide bonds. The Labute approximate surface area is 105 Å². The van der Waals surface area contributed by atoms with Crippen LogP contribution < -0.4 is 10.5 Å². The van der Waals surface area contributed by atoms with Gasteiger partial charge in [-0.3, -0.25) is 10.1 Å². The maximum atomic E-state index is 11.9. The summed E-state index contributed by atoms with van der Waals surface area (Å²) >= 11 is 0. The average Bonchev–Trinajstić information content (AvgIpc) is 2.28. The summed E-state index contributed by atoms with van der Waals surface area (Å²) in [6.07, 6.45) is 0. The monoisotopic (exact) mass is 273 g/mol. The van der Waals surface area contributed by atoms with E-state index in [1.165, 1.54) is 12.1 Å². The minimum absolute atomic E-state index is 0.139. The van der Waals surface area contributed by atoms with E-state index in [0.29, 0.717) is 5.56 Å². The van der Waals surface area contributed by atoms with Gasteiger partial charge >= 0.3 is 0 Å². The molecule has 7 nitrogen and oxygen atoms in total. The van der Waals surface area contributed by atoms with Crippen LogP contribution in [-0.4, -0.2) is 25.9 Å². The van der Waals surface area contributed by atoms with Crippen molar-refractivity contribution in [1.29, 1.82) is 0 Å². The standard InChI is InChI=1S/C10H15N3O4S/c1-7-3-4-9(5-10(7)13(14)15)18(16,17)12-8(2)6-11/h3-5,8,12H,6,11H2,1-2H3. The van der Waals surface area contributed by atoms with E-state index in [0.717, 1.165) is 6.07 Å². The van der Waals surface area contributed by atoms with Crippen molar-refractivity contribution in [3.63, 3.8) is 0 Å². The maximum Gasteiger partial charge on any atom is 0.273 e. The Hall–Kier alpha value is -1.51. The van der Waals surface area contributed by atoms with Gasteiger partial charge in [0.15, 0.2) is 0 Å². The second-order valence-corrected chi connectivity index (χ2v) is 5.68. The molecule has 0 aromatic heterocycles. The Bertz CT molecular complexity index is 556. The van der Waals surface area contributed by atoms with Crippen molar-refractivity contribution in [3.8, 4) is 0 Å². The highest BCUT2D eigenvalue weighted by Gasteiger charge is 2.20. The molecule has 0 saturated heterocycles. The molecule has 0 aliphatic carbocycles. The van der Waals surface area contributed by atoms with E-state index < -0.39 is 21.0 Å². The SMILES string of the molecule is Cc1ccc(S(=O)(=O)NC(C)CN)cc1[N+](=O)[O-]. The van der Waals surface area contributed by atoms with E-state index >= 15 is 0 Å². The fourth-order valence-corrected chi connectivity index (χ4v) is 2.61. The average molecular weight is 273 g/mol. The van der Waals surface area contributed by atoms with Crippen LogP contribution in [-0.2, 0) is 10.0 Å². The van der Waals surface area contributed by atoms with E-state index in [1.54, 1.807) is 13.8 Å². The number of nitrogens with zero attached hydrogens (tertiary/aromatic N) is 1. The third-order valence-electron chi connectivity index (χ3n) is 2.40. The van der Waals surface area contributed by atoms with Crippen LogP contribution in [0.15, 0.2) is 23.1 Å². The molecule has 0 radical (unpaired) electrons. The Kier molecular flexibility index (Phi) is 4.38. The van der Waals surface area contributed by atoms with Crippen molar-refractivity contribution in [2.24, 2.45) is 5.73 Å². The van der Waals surface area contributed by atoms with Gasteiger partial charge in [-0.2, -0.15) is 0 Å². The zero-order valence-corrected chi connectivity index (χ0v) is 10.9. The fraction of sp³-hybridized carbons (Fsp3) is 0.400. The second kappa shape index (κ2) is 5.42. The lowest BCUT2D eigenvalue weighted by molar-refractivity contribution is -0.385. The van der Waals surface area contributed by atoms with Crippen LogP contribution in [0.3, 0.4) is 0 Å². The number of nitro benzene ring substituents is 1. The smallest absolute Gasteiger partial charge is 0.273 e. The number of rotatable bonds is 5. The Balaban J connectivity index is 3.18. The van der Waals surface area contributed by atoms with Crippen molar-refractivity contribution >= 4 is 15.7 Å². The number of aryl methyl sites for hydroxylation is 1. The molecule has 18 heavy (non-hydrogen) atoms. The van der Waals surface area contributed by atoms with E-state index in [1.807, 2.05) is 0 Å². The molecule has 1 unspecified atom stereocenters. The van der Waals surface area contributed by atoms with Crippen molar-refractivity contribution in [2.45, 2.75) is 24.8 Å². The fourth-order valence-electron chi connectivity index (χ4n) is 1.33. The number of hydrogen-bond donors (Lipinski definition) is 2. The first-order valence-corrected chi connectivity index (χ1v) is 6.73. The Morgan fingerprint density at radius 3 is 2.61 bits per heavy atom. The lowest BCUT2D eigenvalue weighted by Gasteiger charge is -2.12. The van der Waals surface area contributed by atoms with Crippen LogP contribution in [0.5, 0.6) is 0 Å². The minimum Gasteiger partial charge on any atom is -0.329 e. The summed E-state index contributed by atoms with van der Waals surface area (Å²) in [4.78, 5) is 10.0. The van der Waals surface area contributed by atoms with E-state index in [-0.39, 0.29) is 17.1 Å². The number of nitrogens with two attached hydrogens (primary N) is 1. The summed E-state index contributed by atoms with van der Waals surface area (Å²) in [5, 5.41) is 10.7. The first-order valence-electron chi connectivity index (χ1n) is 5.25. The molecule has 1 rings (SSSR count). The molecule has 0 saturated carbocycles. The van der Waals surface area contributed by atoms with E-state index in [2.05, 4.69) is 4.72 Å². The molecular formula is C10H15N3O4S. The van der Waals surface area contributed by atoms with E-state index in [4.69, 9.17) is 5.73 Å². The van der Waals surface area contributed by atoms with Gasteiger partial charge in [0.25, 0.3) is 5.69 Å². The summed E-state index contributed by atoms with van der Waals surface area (Å²) < 4.78 is 26.1. The van der Waals surface area contributed by atoms with Gasteiger partial charge in [-0.05, 0) is 19.9 Å². The van der Waals surface area contributed by atoms with Gasteiger partial charge in [0.2, 0.25) is 10.0 Å². The summed E-state index contributed by atoms with van der Waals surface area (Å²) in [5.74, 6) is 0. The number of nitro groups is 1. The molecule has 0 fully saturated rings. The molecule has 0 bridgehead atoms. The first-order chi connectivity index (χ1) is 8.27. The number of nitrogens with one attached hydrogen (secondary N) is 1. The topological polar surface area (TPSA) is 115 Å². The lowest BCUT2D eigenvalue weighted by Crippen LogP contribution is -2.37. The predicted molar refractivity (Wildman–Crippen MR) is 66.7 cm³/mol. The van der Waals surface area contributed by atoms with Crippen LogP contribution in [0.4, 0.5) is 5.69 Å². The summed E-state index contributed by atoms with van der Waals surface area (Å²) in [6.45, 7) is 3.30. The second-order valence-electron chi connectivity index (χ2n) is 3.96. The number of sulfonamides is 1. The highest BCUT2D eigenvalue weighted by molar-refractivity contribution is 7.89. The molecule has 1 atom stereocenters. The molecule has 0 heterocycles. The van der Waals surface area contributed by atoms with Crippen molar-refractivity contribution < 1.29 is 13.3 Å². The van der Waals surface area contributed by atoms with Gasteiger partial charge in [-0.25, -0.2) is 13.1 Å². The summed E-state index contributed by atoms with van der Waals surface area (Å²) in [5.41, 5.74) is 5.51. The molecular weight excluding hydrogens is 258 g/mol. The molecule has 0 spiro atoms. The van der Waals surface area contributed by atoms with Gasteiger partial charge < -0.3 is 5.73 Å². The molecule has 1 aromatic rings. The molecule has 0 aliphatic heterocycles. The summed E-state index contributed by atoms with van der Waals surface area (Å²) in [7, 11) is -3.78. The largest absolute Gasteiger partial charge is 0.329 e. The Morgan fingerprint density at radius 2 is 2.11 bits per heavy atom. The van der Waals surface area contributed by atoms with Gasteiger partial charge in [-0.1, -0.05) is 6.07 Å². The van der Waals surface area contributed by atoms with Crippen LogP contribution >= 0.6 is 0 Å². The molecule has 0 aliphatic rings. The van der Waals surface area contributed by atoms with Crippen LogP contribution in [0.2, 0.25) is 0 Å². The van der Waals surface area contributed by atoms with Gasteiger partial charge in [-0.15, -0.1) is 0 Å². The molecule has 100 valence electrons. The van der Waals surface area contributed by atoms with Crippen LogP contribution in [0, 0.1) is 17.0 Å². The summed E-state index contributed by atoms with van der Waals surface area (Å²) in [6, 6.07) is 3.34. The van der Waals surface area contributed by atoms with Crippen molar-refractivity contribution in [2.75, 3.05) is 6.54 Å². The van der Waals surface area contributed by atoms with Crippen molar-refractivity contribution in [3.05, 3.63) is 33.9 Å². The lowest BCUT2D eigenvalue weighted by atomic mass is 10.2. The first kappa shape index (κ1) is 14.6.